The van der Waals surface area contributed by atoms with Crippen LogP contribution < -0.4 is 21.3 Å². The molecule has 0 unspecified atom stereocenters. The van der Waals surface area contributed by atoms with E-state index in [1.807, 2.05) is 57.4 Å². The van der Waals surface area contributed by atoms with Crippen LogP contribution in [0.25, 0.3) is 0 Å². The second-order valence-electron chi connectivity index (χ2n) is 5.83. The Morgan fingerprint density at radius 3 is 2.00 bits per heavy atom. The summed E-state index contributed by atoms with van der Waals surface area (Å²) in [5, 5.41) is 8.82. The number of nitrogens with two attached hydrogens (primary N) is 2. The molecule has 5 nitrogen and oxygen atoms in total. The summed E-state index contributed by atoms with van der Waals surface area (Å²) in [6.45, 7) is 5.82. The molecule has 0 aliphatic carbocycles. The van der Waals surface area contributed by atoms with Crippen LogP contribution in [0.1, 0.15) is 12.5 Å². The molecule has 0 heterocycles. The monoisotopic (exact) mass is 330 g/mol. The molecule has 0 aliphatic heterocycles. The number of nitrogen functional groups attached to an aromatic ring is 2. The van der Waals surface area contributed by atoms with Gasteiger partial charge >= 0.3 is 0 Å². The van der Waals surface area contributed by atoms with E-state index in [9.17, 15) is 0 Å². The first-order chi connectivity index (χ1) is 11.4. The molecule has 0 bridgehead atoms. The lowest BCUT2D eigenvalue weighted by molar-refractivity contribution is 0.302. The fraction of sp³-hybridized carbons (Fsp3) is 0.368. The third kappa shape index (κ3) is 6.01. The Hall–Kier alpha value is -2.40. The molecule has 0 saturated heterocycles. The molecule has 5 N–H and O–H groups in total. The van der Waals surface area contributed by atoms with Gasteiger partial charge in [0, 0.05) is 49.9 Å². The average molecular weight is 330 g/mol. The number of aliphatic hydroxyl groups excluding tert-OH is 1. The summed E-state index contributed by atoms with van der Waals surface area (Å²) < 4.78 is 0. The number of benzene rings is 2. The van der Waals surface area contributed by atoms with Crippen LogP contribution >= 0.6 is 0 Å². The number of likely N-dealkylation sites (N-methyl/N-ethyl adjacent to an activating group) is 1. The van der Waals surface area contributed by atoms with Crippen molar-refractivity contribution in [1.82, 2.24) is 0 Å². The fourth-order valence-corrected chi connectivity index (χ4v) is 2.21. The summed E-state index contributed by atoms with van der Waals surface area (Å²) >= 11 is 0. The van der Waals surface area contributed by atoms with Crippen molar-refractivity contribution in [2.45, 2.75) is 13.8 Å². The van der Waals surface area contributed by atoms with Gasteiger partial charge < -0.3 is 26.4 Å². The van der Waals surface area contributed by atoms with Crippen LogP contribution in [0.4, 0.5) is 22.7 Å². The van der Waals surface area contributed by atoms with Crippen molar-refractivity contribution < 1.29 is 5.11 Å². The first-order valence-electron chi connectivity index (χ1n) is 8.13. The second-order valence-corrected chi connectivity index (χ2v) is 5.83. The van der Waals surface area contributed by atoms with Crippen LogP contribution in [0.5, 0.6) is 0 Å². The minimum Gasteiger partial charge on any atom is -0.399 e. The molecule has 0 aromatic heterocycles. The maximum absolute atomic E-state index is 8.82. The molecule has 2 aromatic rings. The number of nitrogens with zero attached hydrogens (tertiary/aromatic N) is 2. The molecule has 2 rings (SSSR count). The Bertz CT molecular complexity index is 611. The van der Waals surface area contributed by atoms with Gasteiger partial charge in [-0.2, -0.15) is 0 Å². The zero-order valence-electron chi connectivity index (χ0n) is 15.2. The summed E-state index contributed by atoms with van der Waals surface area (Å²) in [5.74, 6) is 0. The van der Waals surface area contributed by atoms with Crippen molar-refractivity contribution in [3.63, 3.8) is 0 Å². The minimum atomic E-state index is 0.179. The third-order valence-corrected chi connectivity index (χ3v) is 3.78. The molecule has 132 valence electrons. The largest absolute Gasteiger partial charge is 0.399 e. The SMILES string of the molecule is CCN(CCO)c1ccc(N)cc1.Cc1cc(N(C)C)ccc1N. The van der Waals surface area contributed by atoms with E-state index < -0.39 is 0 Å². The standard InChI is InChI=1S/C10H16N2O.C9H14N2/c1-2-12(7-8-13)10-5-3-9(11)4-6-10;1-7-6-8(11(2)3)4-5-9(7)10/h3-6,13H,2,7-8,11H2,1H3;4-6H,10H2,1-3H3. The van der Waals surface area contributed by atoms with E-state index in [2.05, 4.69) is 22.8 Å². The molecule has 0 saturated carbocycles. The van der Waals surface area contributed by atoms with E-state index in [0.29, 0.717) is 6.54 Å². The molecule has 0 aliphatic rings. The van der Waals surface area contributed by atoms with Gasteiger partial charge in [-0.05, 0) is 61.9 Å². The van der Waals surface area contributed by atoms with Crippen LogP contribution in [0.15, 0.2) is 42.5 Å². The van der Waals surface area contributed by atoms with Gasteiger partial charge in [-0.1, -0.05) is 0 Å². The molecule has 0 radical (unpaired) electrons. The highest BCUT2D eigenvalue weighted by Crippen LogP contribution is 2.18. The zero-order chi connectivity index (χ0) is 18.1. The zero-order valence-corrected chi connectivity index (χ0v) is 15.2. The van der Waals surface area contributed by atoms with E-state index in [1.54, 1.807) is 0 Å². The lowest BCUT2D eigenvalue weighted by Gasteiger charge is -2.21. The Kier molecular flexibility index (Phi) is 7.92. The maximum Gasteiger partial charge on any atom is 0.0606 e. The van der Waals surface area contributed by atoms with Crippen molar-refractivity contribution in [2.24, 2.45) is 0 Å². The summed E-state index contributed by atoms with van der Waals surface area (Å²) in [5.41, 5.74) is 16.3. The van der Waals surface area contributed by atoms with Gasteiger partial charge in [-0.25, -0.2) is 0 Å². The summed E-state index contributed by atoms with van der Waals surface area (Å²) in [4.78, 5) is 4.16. The van der Waals surface area contributed by atoms with Crippen LogP contribution in [-0.4, -0.2) is 38.9 Å². The van der Waals surface area contributed by atoms with E-state index in [0.717, 1.165) is 29.2 Å². The predicted molar refractivity (Wildman–Crippen MR) is 106 cm³/mol. The lowest BCUT2D eigenvalue weighted by Crippen LogP contribution is -2.25. The highest BCUT2D eigenvalue weighted by molar-refractivity contribution is 5.57. The number of rotatable bonds is 5. The van der Waals surface area contributed by atoms with Gasteiger partial charge in [0.25, 0.3) is 0 Å². The van der Waals surface area contributed by atoms with Crippen molar-refractivity contribution >= 4 is 22.7 Å². The highest BCUT2D eigenvalue weighted by Gasteiger charge is 2.01. The topological polar surface area (TPSA) is 78.8 Å². The summed E-state index contributed by atoms with van der Waals surface area (Å²) in [6.07, 6.45) is 0. The Morgan fingerprint density at radius 1 is 0.958 bits per heavy atom. The van der Waals surface area contributed by atoms with Crippen LogP contribution in [0, 0.1) is 6.92 Å². The van der Waals surface area contributed by atoms with Gasteiger partial charge in [0.1, 0.15) is 0 Å². The van der Waals surface area contributed by atoms with Gasteiger partial charge in [0.2, 0.25) is 0 Å². The first-order valence-corrected chi connectivity index (χ1v) is 8.13. The van der Waals surface area contributed by atoms with E-state index >= 15 is 0 Å². The van der Waals surface area contributed by atoms with Crippen molar-refractivity contribution in [3.8, 4) is 0 Å². The Labute approximate surface area is 145 Å². The van der Waals surface area contributed by atoms with Crippen molar-refractivity contribution in [3.05, 3.63) is 48.0 Å². The van der Waals surface area contributed by atoms with Crippen LogP contribution in [0.3, 0.4) is 0 Å². The molecule has 24 heavy (non-hydrogen) atoms. The Balaban J connectivity index is 0.000000243. The number of hydrogen-bond acceptors (Lipinski definition) is 5. The van der Waals surface area contributed by atoms with Crippen molar-refractivity contribution in [2.75, 3.05) is 55.1 Å². The predicted octanol–water partition coefficient (Wildman–Crippen LogP) is 2.73. The smallest absolute Gasteiger partial charge is 0.0606 e. The van der Waals surface area contributed by atoms with Crippen LogP contribution in [-0.2, 0) is 0 Å². The molecule has 0 spiro atoms. The fourth-order valence-electron chi connectivity index (χ4n) is 2.21. The molecule has 0 amide bonds. The molecular formula is C19H30N4O. The summed E-state index contributed by atoms with van der Waals surface area (Å²) in [7, 11) is 4.04. The quantitative estimate of drug-likeness (QED) is 0.735. The molecular weight excluding hydrogens is 300 g/mol. The molecule has 0 fully saturated rings. The van der Waals surface area contributed by atoms with Gasteiger partial charge in [-0.3, -0.25) is 0 Å². The Morgan fingerprint density at radius 2 is 1.54 bits per heavy atom. The minimum absolute atomic E-state index is 0.179. The number of anilines is 4. The number of aryl methyl sites for hydroxylation is 1. The molecule has 2 aromatic carbocycles. The highest BCUT2D eigenvalue weighted by atomic mass is 16.3. The third-order valence-electron chi connectivity index (χ3n) is 3.78. The van der Waals surface area contributed by atoms with E-state index in [-0.39, 0.29) is 6.61 Å². The van der Waals surface area contributed by atoms with Gasteiger partial charge in [0.05, 0.1) is 6.61 Å². The maximum atomic E-state index is 8.82. The summed E-state index contributed by atoms with van der Waals surface area (Å²) in [6, 6.07) is 13.7. The van der Waals surface area contributed by atoms with Gasteiger partial charge in [0.15, 0.2) is 0 Å². The van der Waals surface area contributed by atoms with E-state index in [4.69, 9.17) is 16.6 Å². The number of hydrogen-bond donors (Lipinski definition) is 3. The first kappa shape index (κ1) is 19.6. The van der Waals surface area contributed by atoms with Gasteiger partial charge in [-0.15, -0.1) is 0 Å². The number of aliphatic hydroxyl groups is 1. The van der Waals surface area contributed by atoms with E-state index in [1.165, 1.54) is 5.69 Å². The molecule has 5 heteroatoms. The second kappa shape index (κ2) is 9.67. The lowest BCUT2D eigenvalue weighted by atomic mass is 10.2. The average Bonchev–Trinajstić information content (AvgIpc) is 2.56. The van der Waals surface area contributed by atoms with Crippen LogP contribution in [0.2, 0.25) is 0 Å². The normalized spacial score (nSPS) is 9.88. The van der Waals surface area contributed by atoms with Crippen molar-refractivity contribution in [1.29, 1.82) is 0 Å². The molecule has 0 atom stereocenters.